The Morgan fingerprint density at radius 1 is 0.684 bits per heavy atom. The first-order chi connectivity index (χ1) is 9.24. The highest BCUT2D eigenvalue weighted by molar-refractivity contribution is 5.97. The largest absolute Gasteiger partial charge is 0.353 e. The van der Waals surface area contributed by atoms with Crippen LogP contribution in [0.2, 0.25) is 0 Å². The molecule has 4 nitrogen and oxygen atoms in total. The van der Waals surface area contributed by atoms with Crippen LogP contribution in [-0.2, 0) is 9.59 Å². The standard InChI is InChI=1S/C15H26N2O2/c18-14(16-12-7-3-1-4-8-12)11-15(19)17-13-9-5-2-6-10-13/h12-13H,1-11H2,(H,16,18)(H,17,19). The van der Waals surface area contributed by atoms with Crippen LogP contribution in [0.4, 0.5) is 0 Å². The molecule has 0 spiro atoms. The third-order valence-corrected chi connectivity index (χ3v) is 4.26. The summed E-state index contributed by atoms with van der Waals surface area (Å²) in [5.74, 6) is -0.222. The third-order valence-electron chi connectivity index (χ3n) is 4.26. The van der Waals surface area contributed by atoms with E-state index in [2.05, 4.69) is 10.6 Å². The summed E-state index contributed by atoms with van der Waals surface area (Å²) in [6.45, 7) is 0. The molecule has 2 amide bonds. The van der Waals surface area contributed by atoms with Gasteiger partial charge in [0.15, 0.2) is 0 Å². The lowest BCUT2D eigenvalue weighted by Gasteiger charge is -2.24. The van der Waals surface area contributed by atoms with Gasteiger partial charge in [-0.2, -0.15) is 0 Å². The lowest BCUT2D eigenvalue weighted by atomic mass is 9.95. The van der Waals surface area contributed by atoms with Crippen LogP contribution in [0.25, 0.3) is 0 Å². The summed E-state index contributed by atoms with van der Waals surface area (Å²) in [6, 6.07) is 0.590. The second kappa shape index (κ2) is 7.51. The predicted molar refractivity (Wildman–Crippen MR) is 74.6 cm³/mol. The fraction of sp³-hybridized carbons (Fsp3) is 0.867. The number of nitrogens with one attached hydrogen (secondary N) is 2. The summed E-state index contributed by atoms with van der Waals surface area (Å²) >= 11 is 0. The zero-order valence-electron chi connectivity index (χ0n) is 11.7. The van der Waals surface area contributed by atoms with Gasteiger partial charge in [0.2, 0.25) is 11.8 Å². The van der Waals surface area contributed by atoms with Crippen LogP contribution in [0.15, 0.2) is 0 Å². The molecule has 0 bridgehead atoms. The molecule has 0 unspecified atom stereocenters. The zero-order valence-corrected chi connectivity index (χ0v) is 11.7. The topological polar surface area (TPSA) is 58.2 Å². The van der Waals surface area contributed by atoms with Crippen LogP contribution in [0.1, 0.15) is 70.6 Å². The smallest absolute Gasteiger partial charge is 0.229 e. The van der Waals surface area contributed by atoms with Crippen molar-refractivity contribution in [1.29, 1.82) is 0 Å². The molecule has 2 aliphatic carbocycles. The maximum absolute atomic E-state index is 11.8. The summed E-state index contributed by atoms with van der Waals surface area (Å²) in [7, 11) is 0. The molecule has 2 rings (SSSR count). The number of carbonyl (C=O) groups is 2. The van der Waals surface area contributed by atoms with E-state index in [0.717, 1.165) is 25.7 Å². The lowest BCUT2D eigenvalue weighted by molar-refractivity contribution is -0.130. The van der Waals surface area contributed by atoms with Gasteiger partial charge in [0.05, 0.1) is 0 Å². The molecule has 19 heavy (non-hydrogen) atoms. The SMILES string of the molecule is O=C(CC(=O)NC1CCCCC1)NC1CCCCC1. The number of hydrogen-bond acceptors (Lipinski definition) is 2. The molecule has 0 heterocycles. The van der Waals surface area contributed by atoms with Crippen molar-refractivity contribution >= 4 is 11.8 Å². The summed E-state index contributed by atoms with van der Waals surface area (Å²) in [5, 5.41) is 5.97. The van der Waals surface area contributed by atoms with Gasteiger partial charge >= 0.3 is 0 Å². The molecule has 0 aromatic carbocycles. The Morgan fingerprint density at radius 3 is 1.42 bits per heavy atom. The Morgan fingerprint density at radius 2 is 1.05 bits per heavy atom. The first-order valence-electron chi connectivity index (χ1n) is 7.83. The minimum absolute atomic E-state index is 0.00694. The van der Waals surface area contributed by atoms with E-state index in [9.17, 15) is 9.59 Å². The van der Waals surface area contributed by atoms with E-state index < -0.39 is 0 Å². The van der Waals surface area contributed by atoms with E-state index in [1.165, 1.54) is 38.5 Å². The highest BCUT2D eigenvalue weighted by Gasteiger charge is 2.20. The van der Waals surface area contributed by atoms with Crippen molar-refractivity contribution in [2.75, 3.05) is 0 Å². The van der Waals surface area contributed by atoms with E-state index >= 15 is 0 Å². The minimum Gasteiger partial charge on any atom is -0.353 e. The molecule has 0 radical (unpaired) electrons. The molecule has 4 heteroatoms. The molecular formula is C15H26N2O2. The Bertz CT molecular complexity index is 275. The molecule has 2 saturated carbocycles. The van der Waals surface area contributed by atoms with Gasteiger partial charge in [-0.05, 0) is 25.7 Å². The minimum atomic E-state index is -0.111. The Kier molecular flexibility index (Phi) is 5.67. The van der Waals surface area contributed by atoms with Gasteiger partial charge in [-0.25, -0.2) is 0 Å². The van der Waals surface area contributed by atoms with Gasteiger partial charge in [0.25, 0.3) is 0 Å². The van der Waals surface area contributed by atoms with Crippen molar-refractivity contribution in [1.82, 2.24) is 10.6 Å². The van der Waals surface area contributed by atoms with Crippen molar-refractivity contribution in [2.24, 2.45) is 0 Å². The summed E-state index contributed by atoms with van der Waals surface area (Å²) in [5.41, 5.74) is 0. The van der Waals surface area contributed by atoms with Crippen LogP contribution >= 0.6 is 0 Å². The number of amides is 2. The highest BCUT2D eigenvalue weighted by atomic mass is 16.2. The second-order valence-electron chi connectivity index (χ2n) is 5.98. The van der Waals surface area contributed by atoms with E-state index in [1.54, 1.807) is 0 Å². The molecule has 2 N–H and O–H groups in total. The normalized spacial score (nSPS) is 21.9. The molecule has 2 fully saturated rings. The molecule has 108 valence electrons. The second-order valence-corrected chi connectivity index (χ2v) is 5.98. The van der Waals surface area contributed by atoms with Gasteiger partial charge < -0.3 is 10.6 Å². The average Bonchev–Trinajstić information content (AvgIpc) is 2.40. The van der Waals surface area contributed by atoms with Crippen molar-refractivity contribution < 1.29 is 9.59 Å². The zero-order chi connectivity index (χ0) is 13.5. The number of carbonyl (C=O) groups excluding carboxylic acids is 2. The first-order valence-corrected chi connectivity index (χ1v) is 7.83. The maximum Gasteiger partial charge on any atom is 0.229 e. The molecule has 0 aromatic heterocycles. The number of hydrogen-bond donors (Lipinski definition) is 2. The Hall–Kier alpha value is -1.06. The maximum atomic E-state index is 11.8. The number of rotatable bonds is 4. The predicted octanol–water partition coefficient (Wildman–Crippen LogP) is 2.27. The summed E-state index contributed by atoms with van der Waals surface area (Å²) in [6.07, 6.45) is 11.6. The van der Waals surface area contributed by atoms with E-state index in [1.807, 2.05) is 0 Å². The van der Waals surface area contributed by atoms with Crippen LogP contribution < -0.4 is 10.6 Å². The average molecular weight is 266 g/mol. The van der Waals surface area contributed by atoms with E-state index in [0.29, 0.717) is 12.1 Å². The van der Waals surface area contributed by atoms with Crippen LogP contribution in [0, 0.1) is 0 Å². The van der Waals surface area contributed by atoms with Crippen LogP contribution in [0.5, 0.6) is 0 Å². The highest BCUT2D eigenvalue weighted by Crippen LogP contribution is 2.18. The summed E-state index contributed by atoms with van der Waals surface area (Å²) < 4.78 is 0. The molecule has 2 aliphatic rings. The van der Waals surface area contributed by atoms with E-state index in [4.69, 9.17) is 0 Å². The molecular weight excluding hydrogens is 240 g/mol. The third kappa shape index (κ3) is 5.21. The fourth-order valence-corrected chi connectivity index (χ4v) is 3.20. The van der Waals surface area contributed by atoms with Crippen molar-refractivity contribution in [3.63, 3.8) is 0 Å². The lowest BCUT2D eigenvalue weighted by Crippen LogP contribution is -2.41. The first kappa shape index (κ1) is 14.4. The van der Waals surface area contributed by atoms with E-state index in [-0.39, 0.29) is 18.2 Å². The van der Waals surface area contributed by atoms with Crippen LogP contribution in [-0.4, -0.2) is 23.9 Å². The van der Waals surface area contributed by atoms with Gasteiger partial charge in [-0.1, -0.05) is 38.5 Å². The quantitative estimate of drug-likeness (QED) is 0.767. The van der Waals surface area contributed by atoms with Gasteiger partial charge in [0.1, 0.15) is 6.42 Å². The van der Waals surface area contributed by atoms with Gasteiger partial charge in [0, 0.05) is 12.1 Å². The summed E-state index contributed by atoms with van der Waals surface area (Å²) in [4.78, 5) is 23.6. The molecule has 0 aromatic rings. The monoisotopic (exact) mass is 266 g/mol. The van der Waals surface area contributed by atoms with Crippen molar-refractivity contribution in [3.8, 4) is 0 Å². The van der Waals surface area contributed by atoms with Crippen molar-refractivity contribution in [3.05, 3.63) is 0 Å². The van der Waals surface area contributed by atoms with Crippen molar-refractivity contribution in [2.45, 2.75) is 82.7 Å². The molecule has 0 saturated heterocycles. The Balaban J connectivity index is 1.64. The fourth-order valence-electron chi connectivity index (χ4n) is 3.20. The molecule has 0 aliphatic heterocycles. The van der Waals surface area contributed by atoms with Gasteiger partial charge in [-0.15, -0.1) is 0 Å². The van der Waals surface area contributed by atoms with Gasteiger partial charge in [-0.3, -0.25) is 9.59 Å². The van der Waals surface area contributed by atoms with Crippen LogP contribution in [0.3, 0.4) is 0 Å². The Labute approximate surface area is 115 Å². The molecule has 0 atom stereocenters.